The van der Waals surface area contributed by atoms with E-state index in [1.54, 1.807) is 47.3 Å². The lowest BCUT2D eigenvalue weighted by Crippen LogP contribution is -2.13. The molecule has 5 rings (SSSR count). The number of nitrogens with zero attached hydrogens (tertiary/aromatic N) is 3. The molecular formula is C23H15FN4O. The van der Waals surface area contributed by atoms with E-state index in [1.165, 1.54) is 6.07 Å². The van der Waals surface area contributed by atoms with Crippen molar-refractivity contribution in [1.82, 2.24) is 14.4 Å². The Morgan fingerprint density at radius 1 is 0.966 bits per heavy atom. The van der Waals surface area contributed by atoms with Gasteiger partial charge in [-0.3, -0.25) is 14.2 Å². The fourth-order valence-corrected chi connectivity index (χ4v) is 3.45. The lowest BCUT2D eigenvalue weighted by Gasteiger charge is -2.07. The SMILES string of the molecule is O=C(Nc1cccc2cnccc12)c1nc(-c2ccccc2F)n2ccccc12. The molecule has 5 nitrogen and oxygen atoms in total. The van der Waals surface area contributed by atoms with Gasteiger partial charge in [0, 0.05) is 35.1 Å². The van der Waals surface area contributed by atoms with Gasteiger partial charge in [0.2, 0.25) is 0 Å². The molecule has 3 heterocycles. The minimum atomic E-state index is -0.392. The third-order valence-corrected chi connectivity index (χ3v) is 4.81. The molecule has 1 N–H and O–H groups in total. The highest BCUT2D eigenvalue weighted by Crippen LogP contribution is 2.27. The molecule has 0 saturated heterocycles. The second-order valence-corrected chi connectivity index (χ2v) is 6.58. The van der Waals surface area contributed by atoms with Crippen molar-refractivity contribution in [2.75, 3.05) is 5.32 Å². The van der Waals surface area contributed by atoms with Crippen molar-refractivity contribution in [3.8, 4) is 11.4 Å². The van der Waals surface area contributed by atoms with Gasteiger partial charge in [-0.25, -0.2) is 9.37 Å². The van der Waals surface area contributed by atoms with Gasteiger partial charge >= 0.3 is 0 Å². The highest BCUT2D eigenvalue weighted by atomic mass is 19.1. The van der Waals surface area contributed by atoms with Crippen LogP contribution in [0.15, 0.2) is 85.3 Å². The van der Waals surface area contributed by atoms with Crippen LogP contribution in [0, 0.1) is 5.82 Å². The predicted octanol–water partition coefficient (Wildman–Crippen LogP) is 4.94. The maximum atomic E-state index is 14.4. The summed E-state index contributed by atoms with van der Waals surface area (Å²) in [7, 11) is 0. The van der Waals surface area contributed by atoms with Crippen LogP contribution < -0.4 is 5.32 Å². The first-order chi connectivity index (χ1) is 14.2. The van der Waals surface area contributed by atoms with Crippen molar-refractivity contribution in [2.45, 2.75) is 0 Å². The van der Waals surface area contributed by atoms with Crippen LogP contribution in [-0.2, 0) is 0 Å². The number of hydrogen-bond acceptors (Lipinski definition) is 3. The Bertz CT molecular complexity index is 1370. The molecule has 1 amide bonds. The number of hydrogen-bond donors (Lipinski definition) is 1. The molecule has 0 unspecified atom stereocenters. The van der Waals surface area contributed by atoms with E-state index in [0.29, 0.717) is 22.6 Å². The molecule has 0 aliphatic heterocycles. The average Bonchev–Trinajstić information content (AvgIpc) is 3.14. The van der Waals surface area contributed by atoms with Crippen LogP contribution in [0.4, 0.5) is 10.1 Å². The fraction of sp³-hybridized carbons (Fsp3) is 0. The summed E-state index contributed by atoms with van der Waals surface area (Å²) in [4.78, 5) is 21.7. The first kappa shape index (κ1) is 17.1. The lowest BCUT2D eigenvalue weighted by molar-refractivity contribution is 0.102. The summed E-state index contributed by atoms with van der Waals surface area (Å²) in [5.41, 5.74) is 1.84. The van der Waals surface area contributed by atoms with Gasteiger partial charge in [-0.15, -0.1) is 0 Å². The van der Waals surface area contributed by atoms with Crippen molar-refractivity contribution in [1.29, 1.82) is 0 Å². The number of carbonyl (C=O) groups excluding carboxylic acids is 1. The third kappa shape index (κ3) is 2.91. The third-order valence-electron chi connectivity index (χ3n) is 4.81. The minimum absolute atomic E-state index is 0.231. The maximum Gasteiger partial charge on any atom is 0.276 e. The molecule has 0 radical (unpaired) electrons. The Kier molecular flexibility index (Phi) is 4.02. The number of halogens is 1. The Labute approximate surface area is 165 Å². The minimum Gasteiger partial charge on any atom is -0.320 e. The predicted molar refractivity (Wildman–Crippen MR) is 110 cm³/mol. The summed E-state index contributed by atoms with van der Waals surface area (Å²) < 4.78 is 16.1. The van der Waals surface area contributed by atoms with Crippen molar-refractivity contribution in [2.24, 2.45) is 0 Å². The average molecular weight is 382 g/mol. The topological polar surface area (TPSA) is 59.3 Å². The van der Waals surface area contributed by atoms with E-state index in [2.05, 4.69) is 15.3 Å². The van der Waals surface area contributed by atoms with Crippen LogP contribution in [-0.4, -0.2) is 20.3 Å². The van der Waals surface area contributed by atoms with Crippen LogP contribution in [0.1, 0.15) is 10.5 Å². The van der Waals surface area contributed by atoms with Crippen molar-refractivity contribution in [3.63, 3.8) is 0 Å². The normalized spacial score (nSPS) is 11.1. The quantitative estimate of drug-likeness (QED) is 0.481. The van der Waals surface area contributed by atoms with E-state index >= 15 is 0 Å². The molecular weight excluding hydrogens is 367 g/mol. The maximum absolute atomic E-state index is 14.4. The van der Waals surface area contributed by atoms with Gasteiger partial charge in [0.1, 0.15) is 11.6 Å². The summed E-state index contributed by atoms with van der Waals surface area (Å²) in [5.74, 6) is -0.372. The second-order valence-electron chi connectivity index (χ2n) is 6.58. The molecule has 0 saturated carbocycles. The molecule has 6 heteroatoms. The van der Waals surface area contributed by atoms with Gasteiger partial charge in [-0.1, -0.05) is 30.3 Å². The molecule has 29 heavy (non-hydrogen) atoms. The Balaban J connectivity index is 1.62. The van der Waals surface area contributed by atoms with E-state index in [0.717, 1.165) is 10.8 Å². The van der Waals surface area contributed by atoms with Crippen molar-refractivity contribution >= 4 is 27.9 Å². The van der Waals surface area contributed by atoms with Gasteiger partial charge in [-0.05, 0) is 36.4 Å². The smallest absolute Gasteiger partial charge is 0.276 e. The van der Waals surface area contributed by atoms with Gasteiger partial charge in [0.25, 0.3) is 5.91 Å². The fourth-order valence-electron chi connectivity index (χ4n) is 3.45. The molecule has 0 aliphatic carbocycles. The van der Waals surface area contributed by atoms with E-state index in [9.17, 15) is 9.18 Å². The highest BCUT2D eigenvalue weighted by Gasteiger charge is 2.20. The van der Waals surface area contributed by atoms with Crippen molar-refractivity contribution in [3.05, 3.63) is 96.8 Å². The number of nitrogens with one attached hydrogen (secondary N) is 1. The van der Waals surface area contributed by atoms with Gasteiger partial charge < -0.3 is 5.32 Å². The number of anilines is 1. The zero-order valence-electron chi connectivity index (χ0n) is 15.2. The standard InChI is InChI=1S/C23H15FN4O/c24-18-8-2-1-7-17(18)22-27-21(20-10-3-4-13-28(20)22)23(29)26-19-9-5-6-15-14-25-12-11-16(15)19/h1-14H,(H,26,29). The van der Waals surface area contributed by atoms with E-state index < -0.39 is 5.82 Å². The van der Waals surface area contributed by atoms with Crippen LogP contribution in [0.5, 0.6) is 0 Å². The summed E-state index contributed by atoms with van der Waals surface area (Å²) in [6.45, 7) is 0. The van der Waals surface area contributed by atoms with Crippen LogP contribution in [0.2, 0.25) is 0 Å². The Hall–Kier alpha value is -4.06. The molecule has 0 spiro atoms. The number of benzene rings is 2. The van der Waals surface area contributed by atoms with Crippen LogP contribution in [0.3, 0.4) is 0 Å². The number of aromatic nitrogens is 3. The largest absolute Gasteiger partial charge is 0.320 e. The number of amides is 1. The number of pyridine rings is 2. The molecule has 140 valence electrons. The molecule has 0 atom stereocenters. The monoisotopic (exact) mass is 382 g/mol. The molecule has 0 fully saturated rings. The molecule has 0 bridgehead atoms. The van der Waals surface area contributed by atoms with E-state index in [4.69, 9.17) is 0 Å². The van der Waals surface area contributed by atoms with Gasteiger partial charge in [-0.2, -0.15) is 0 Å². The van der Waals surface area contributed by atoms with Crippen molar-refractivity contribution < 1.29 is 9.18 Å². The second kappa shape index (κ2) is 6.83. The number of imidazole rings is 1. The molecule has 3 aromatic heterocycles. The number of fused-ring (bicyclic) bond motifs is 2. The molecule has 5 aromatic rings. The first-order valence-electron chi connectivity index (χ1n) is 9.08. The van der Waals surface area contributed by atoms with E-state index in [-0.39, 0.29) is 11.6 Å². The summed E-state index contributed by atoms with van der Waals surface area (Å²) in [6.07, 6.45) is 5.19. The van der Waals surface area contributed by atoms with Gasteiger partial charge in [0.15, 0.2) is 5.69 Å². The van der Waals surface area contributed by atoms with Crippen LogP contribution in [0.25, 0.3) is 27.7 Å². The van der Waals surface area contributed by atoms with Crippen LogP contribution >= 0.6 is 0 Å². The highest BCUT2D eigenvalue weighted by molar-refractivity contribution is 6.11. The Morgan fingerprint density at radius 2 is 1.83 bits per heavy atom. The Morgan fingerprint density at radius 3 is 2.72 bits per heavy atom. The zero-order valence-corrected chi connectivity index (χ0v) is 15.2. The number of carbonyl (C=O) groups is 1. The summed E-state index contributed by atoms with van der Waals surface area (Å²) >= 11 is 0. The first-order valence-corrected chi connectivity index (χ1v) is 9.08. The molecule has 0 aliphatic rings. The van der Waals surface area contributed by atoms with E-state index in [1.807, 2.05) is 36.4 Å². The lowest BCUT2D eigenvalue weighted by atomic mass is 10.1. The summed E-state index contributed by atoms with van der Waals surface area (Å²) in [6, 6.07) is 19.3. The summed E-state index contributed by atoms with van der Waals surface area (Å²) in [5, 5.41) is 4.74. The molecule has 2 aromatic carbocycles. The van der Waals surface area contributed by atoms with Gasteiger partial charge in [0.05, 0.1) is 11.1 Å². The zero-order chi connectivity index (χ0) is 19.8. The number of rotatable bonds is 3.